The van der Waals surface area contributed by atoms with Crippen LogP contribution in [0.4, 0.5) is 11.4 Å². The van der Waals surface area contributed by atoms with Gasteiger partial charge in [-0.3, -0.25) is 14.4 Å². The summed E-state index contributed by atoms with van der Waals surface area (Å²) in [6, 6.07) is 9.70. The first kappa shape index (κ1) is 18.5. The number of nitro groups is 1. The van der Waals surface area contributed by atoms with E-state index < -0.39 is 14.9 Å². The van der Waals surface area contributed by atoms with Crippen LogP contribution >= 0.6 is 0 Å². The average Bonchev–Trinajstić information content (AvgIpc) is 2.61. The molecular weight excluding hydrogens is 348 g/mol. The summed E-state index contributed by atoms with van der Waals surface area (Å²) in [5, 5.41) is 11.0. The van der Waals surface area contributed by atoms with Crippen molar-refractivity contribution in [2.45, 2.75) is 11.8 Å². The predicted molar refractivity (Wildman–Crippen MR) is 92.8 cm³/mol. The van der Waals surface area contributed by atoms with E-state index in [4.69, 9.17) is 9.47 Å². The lowest BCUT2D eigenvalue weighted by molar-refractivity contribution is -0.384. The summed E-state index contributed by atoms with van der Waals surface area (Å²) >= 11 is 0. The predicted octanol–water partition coefficient (Wildman–Crippen LogP) is 2.83. The van der Waals surface area contributed by atoms with Gasteiger partial charge in [-0.1, -0.05) is 0 Å². The summed E-state index contributed by atoms with van der Waals surface area (Å²) < 4.78 is 37.0. The number of sulfonamides is 1. The fourth-order valence-corrected chi connectivity index (χ4v) is 3.40. The molecule has 2 aromatic carbocycles. The van der Waals surface area contributed by atoms with E-state index in [1.807, 2.05) is 6.92 Å². The van der Waals surface area contributed by atoms with Gasteiger partial charge >= 0.3 is 0 Å². The average molecular weight is 366 g/mol. The van der Waals surface area contributed by atoms with E-state index in [1.54, 1.807) is 12.1 Å². The molecule has 134 valence electrons. The minimum absolute atomic E-state index is 0.0343. The molecule has 9 heteroatoms. The molecular formula is C16H18N2O6S. The zero-order valence-electron chi connectivity index (χ0n) is 14.0. The van der Waals surface area contributed by atoms with Crippen molar-refractivity contribution in [1.82, 2.24) is 0 Å². The molecule has 2 aromatic rings. The zero-order chi connectivity index (χ0) is 18.6. The Morgan fingerprint density at radius 1 is 1.16 bits per heavy atom. The third-order valence-electron chi connectivity index (χ3n) is 3.51. The van der Waals surface area contributed by atoms with Crippen molar-refractivity contribution < 1.29 is 22.8 Å². The van der Waals surface area contributed by atoms with Crippen molar-refractivity contribution in [3.63, 3.8) is 0 Å². The van der Waals surface area contributed by atoms with Gasteiger partial charge in [-0.2, -0.15) is 0 Å². The molecule has 0 aliphatic carbocycles. The first-order valence-electron chi connectivity index (χ1n) is 7.35. The number of benzene rings is 2. The molecule has 0 spiro atoms. The Hall–Kier alpha value is -2.81. The Morgan fingerprint density at radius 3 is 2.32 bits per heavy atom. The summed E-state index contributed by atoms with van der Waals surface area (Å²) in [6.07, 6.45) is 0. The molecule has 0 amide bonds. The highest BCUT2D eigenvalue weighted by Crippen LogP contribution is 2.34. The molecule has 0 atom stereocenters. The molecule has 2 rings (SSSR count). The molecule has 0 saturated carbocycles. The van der Waals surface area contributed by atoms with Crippen molar-refractivity contribution in [2.75, 3.05) is 25.1 Å². The second kappa shape index (κ2) is 7.39. The molecule has 8 nitrogen and oxygen atoms in total. The molecule has 0 heterocycles. The number of non-ortho nitro benzene ring substituents is 1. The number of nitrogens with zero attached hydrogens (tertiary/aromatic N) is 2. The molecule has 0 N–H and O–H groups in total. The van der Waals surface area contributed by atoms with Crippen LogP contribution in [0.2, 0.25) is 0 Å². The lowest BCUT2D eigenvalue weighted by Gasteiger charge is -2.21. The van der Waals surface area contributed by atoms with Gasteiger partial charge in [0, 0.05) is 19.2 Å². The summed E-state index contributed by atoms with van der Waals surface area (Å²) in [4.78, 5) is 10.4. The van der Waals surface area contributed by atoms with Gasteiger partial charge < -0.3 is 9.47 Å². The van der Waals surface area contributed by atoms with Gasteiger partial charge in [0.15, 0.2) is 0 Å². The normalized spacial score (nSPS) is 11.0. The maximum absolute atomic E-state index is 12.8. The molecule has 0 bridgehead atoms. The number of hydrogen-bond acceptors (Lipinski definition) is 6. The molecule has 0 aromatic heterocycles. The zero-order valence-corrected chi connectivity index (χ0v) is 14.8. The lowest BCUT2D eigenvalue weighted by atomic mass is 10.2. The highest BCUT2D eigenvalue weighted by molar-refractivity contribution is 7.92. The standard InChI is InChI=1S/C16H18N2O6S/c1-4-24-13-6-8-14(9-7-13)25(21,22)17(2)15-11-12(18(19)20)5-10-16(15)23-3/h5-11H,4H2,1-3H3. The summed E-state index contributed by atoms with van der Waals surface area (Å²) in [5.41, 5.74) is -0.157. The van der Waals surface area contributed by atoms with Crippen molar-refractivity contribution in [2.24, 2.45) is 0 Å². The van der Waals surface area contributed by atoms with Gasteiger partial charge in [0.2, 0.25) is 0 Å². The molecule has 0 aliphatic rings. The van der Waals surface area contributed by atoms with Crippen LogP contribution in [0.25, 0.3) is 0 Å². The Kier molecular flexibility index (Phi) is 5.48. The van der Waals surface area contributed by atoms with E-state index >= 15 is 0 Å². The summed E-state index contributed by atoms with van der Waals surface area (Å²) in [5.74, 6) is 0.764. The van der Waals surface area contributed by atoms with Crippen molar-refractivity contribution in [3.05, 3.63) is 52.6 Å². The van der Waals surface area contributed by atoms with Crippen molar-refractivity contribution >= 4 is 21.4 Å². The van der Waals surface area contributed by atoms with Gasteiger partial charge in [-0.15, -0.1) is 0 Å². The fourth-order valence-electron chi connectivity index (χ4n) is 2.20. The van der Waals surface area contributed by atoms with Crippen LogP contribution in [0.15, 0.2) is 47.4 Å². The number of methoxy groups -OCH3 is 1. The van der Waals surface area contributed by atoms with E-state index in [2.05, 4.69) is 0 Å². The van der Waals surface area contributed by atoms with E-state index in [1.165, 1.54) is 38.4 Å². The molecule has 0 saturated heterocycles. The van der Waals surface area contributed by atoms with Crippen LogP contribution < -0.4 is 13.8 Å². The van der Waals surface area contributed by atoms with Gasteiger partial charge in [0.05, 0.1) is 23.5 Å². The number of rotatable bonds is 7. The van der Waals surface area contributed by atoms with Crippen LogP contribution in [-0.2, 0) is 10.0 Å². The Bertz CT molecular complexity index is 865. The highest BCUT2D eigenvalue weighted by atomic mass is 32.2. The lowest BCUT2D eigenvalue weighted by Crippen LogP contribution is -2.27. The molecule has 0 radical (unpaired) electrons. The van der Waals surface area contributed by atoms with Crippen LogP contribution in [0, 0.1) is 10.1 Å². The van der Waals surface area contributed by atoms with Gasteiger partial charge in [-0.25, -0.2) is 8.42 Å². The van der Waals surface area contributed by atoms with Crippen LogP contribution in [0.3, 0.4) is 0 Å². The van der Waals surface area contributed by atoms with Gasteiger partial charge in [-0.05, 0) is 37.3 Å². The topological polar surface area (TPSA) is 99.0 Å². The fraction of sp³-hybridized carbons (Fsp3) is 0.250. The first-order chi connectivity index (χ1) is 11.8. The van der Waals surface area contributed by atoms with Crippen LogP contribution in [-0.4, -0.2) is 34.1 Å². The number of anilines is 1. The largest absolute Gasteiger partial charge is 0.495 e. The smallest absolute Gasteiger partial charge is 0.271 e. The Morgan fingerprint density at radius 2 is 1.80 bits per heavy atom. The maximum atomic E-state index is 12.8. The minimum Gasteiger partial charge on any atom is -0.495 e. The van der Waals surface area contributed by atoms with E-state index in [0.717, 1.165) is 10.4 Å². The van der Waals surface area contributed by atoms with Gasteiger partial charge in [0.1, 0.15) is 17.2 Å². The van der Waals surface area contributed by atoms with Crippen molar-refractivity contribution in [3.8, 4) is 11.5 Å². The van der Waals surface area contributed by atoms with E-state index in [-0.39, 0.29) is 22.0 Å². The maximum Gasteiger partial charge on any atom is 0.271 e. The second-order valence-corrected chi connectivity index (χ2v) is 6.96. The van der Waals surface area contributed by atoms with Gasteiger partial charge in [0.25, 0.3) is 15.7 Å². The molecule has 0 unspecified atom stereocenters. The third kappa shape index (κ3) is 3.82. The highest BCUT2D eigenvalue weighted by Gasteiger charge is 2.25. The molecule has 0 aliphatic heterocycles. The summed E-state index contributed by atoms with van der Waals surface area (Å²) in [7, 11) is -1.25. The van der Waals surface area contributed by atoms with Crippen LogP contribution in [0.1, 0.15) is 6.92 Å². The quantitative estimate of drug-likeness (QED) is 0.552. The summed E-state index contributed by atoms with van der Waals surface area (Å²) in [6.45, 7) is 2.30. The number of hydrogen-bond donors (Lipinski definition) is 0. The second-order valence-electron chi connectivity index (χ2n) is 4.99. The Labute approximate surface area is 145 Å². The SMILES string of the molecule is CCOc1ccc(S(=O)(=O)N(C)c2cc([N+](=O)[O-])ccc2OC)cc1. The minimum atomic E-state index is -3.92. The van der Waals surface area contributed by atoms with Crippen LogP contribution in [0.5, 0.6) is 11.5 Å². The third-order valence-corrected chi connectivity index (χ3v) is 5.29. The van der Waals surface area contributed by atoms with E-state index in [9.17, 15) is 18.5 Å². The van der Waals surface area contributed by atoms with Crippen molar-refractivity contribution in [1.29, 1.82) is 0 Å². The molecule has 0 fully saturated rings. The monoisotopic (exact) mass is 366 g/mol. The number of ether oxygens (including phenoxy) is 2. The first-order valence-corrected chi connectivity index (χ1v) is 8.79. The van der Waals surface area contributed by atoms with E-state index in [0.29, 0.717) is 12.4 Å². The number of nitro benzene ring substituents is 1. The molecule has 25 heavy (non-hydrogen) atoms. The Balaban J connectivity index is 2.45.